The molecule has 1 fully saturated rings. The topological polar surface area (TPSA) is 72.1 Å². The van der Waals surface area contributed by atoms with Gasteiger partial charge in [-0.3, -0.25) is 4.79 Å². The van der Waals surface area contributed by atoms with Crippen molar-refractivity contribution in [3.8, 4) is 0 Å². The van der Waals surface area contributed by atoms with Gasteiger partial charge in [0.15, 0.2) is 5.82 Å². The molecule has 2 heterocycles. The summed E-state index contributed by atoms with van der Waals surface area (Å²) in [5.74, 6) is 0.552. The van der Waals surface area contributed by atoms with Gasteiger partial charge in [0.05, 0.1) is 5.25 Å². The summed E-state index contributed by atoms with van der Waals surface area (Å²) in [5.41, 5.74) is 5.70. The van der Waals surface area contributed by atoms with Gasteiger partial charge < -0.3 is 10.6 Å². The number of carbonyl (C=O) groups excluding carboxylic acids is 1. The predicted octanol–water partition coefficient (Wildman–Crippen LogP) is 1.16. The molecule has 6 heteroatoms. The first-order chi connectivity index (χ1) is 8.18. The van der Waals surface area contributed by atoms with Gasteiger partial charge in [-0.1, -0.05) is 11.8 Å². The monoisotopic (exact) mass is 252 g/mol. The molecule has 2 rings (SSSR count). The molecule has 17 heavy (non-hydrogen) atoms. The van der Waals surface area contributed by atoms with E-state index in [1.807, 2.05) is 11.8 Å². The van der Waals surface area contributed by atoms with Crippen LogP contribution in [0.3, 0.4) is 0 Å². The Kier molecular flexibility index (Phi) is 3.83. The first-order valence-electron chi connectivity index (χ1n) is 5.70. The quantitative estimate of drug-likeness (QED) is 0.817. The summed E-state index contributed by atoms with van der Waals surface area (Å²) in [6.07, 6.45) is 5.35. The average Bonchev–Trinajstić information content (AvgIpc) is 2.84. The van der Waals surface area contributed by atoms with Crippen LogP contribution in [0.1, 0.15) is 19.8 Å². The normalized spacial score (nSPS) is 17.1. The van der Waals surface area contributed by atoms with Gasteiger partial charge in [-0.25, -0.2) is 9.97 Å². The molecule has 1 aromatic heterocycles. The van der Waals surface area contributed by atoms with E-state index >= 15 is 0 Å². The lowest BCUT2D eigenvalue weighted by Gasteiger charge is -2.19. The van der Waals surface area contributed by atoms with E-state index in [2.05, 4.69) is 9.97 Å². The van der Waals surface area contributed by atoms with Crippen molar-refractivity contribution in [3.63, 3.8) is 0 Å². The van der Waals surface area contributed by atoms with Crippen molar-refractivity contribution in [3.05, 3.63) is 12.4 Å². The molecule has 0 saturated carbocycles. The maximum atomic E-state index is 12.1. The number of aromatic nitrogens is 2. The van der Waals surface area contributed by atoms with E-state index in [1.165, 1.54) is 11.8 Å². The number of nitrogens with zero attached hydrogens (tertiary/aromatic N) is 3. The molecule has 0 spiro atoms. The van der Waals surface area contributed by atoms with Crippen molar-refractivity contribution in [2.45, 2.75) is 30.0 Å². The van der Waals surface area contributed by atoms with Gasteiger partial charge in [0, 0.05) is 25.5 Å². The van der Waals surface area contributed by atoms with Gasteiger partial charge in [-0.05, 0) is 19.8 Å². The number of hydrogen-bond donors (Lipinski definition) is 1. The molecular weight excluding hydrogens is 236 g/mol. The van der Waals surface area contributed by atoms with E-state index in [-0.39, 0.29) is 11.2 Å². The number of amides is 1. The van der Waals surface area contributed by atoms with E-state index in [1.54, 1.807) is 12.4 Å². The number of thioether (sulfide) groups is 1. The Morgan fingerprint density at radius 3 is 2.71 bits per heavy atom. The number of hydrogen-bond acceptors (Lipinski definition) is 5. The molecule has 1 aliphatic rings. The molecule has 92 valence electrons. The van der Waals surface area contributed by atoms with Gasteiger partial charge >= 0.3 is 0 Å². The van der Waals surface area contributed by atoms with Crippen LogP contribution in [0.4, 0.5) is 5.82 Å². The lowest BCUT2D eigenvalue weighted by molar-refractivity contribution is -0.129. The molecule has 5 nitrogen and oxygen atoms in total. The fraction of sp³-hybridized carbons (Fsp3) is 0.545. The minimum absolute atomic E-state index is 0.160. The Hall–Kier alpha value is -1.30. The number of likely N-dealkylation sites (tertiary alicyclic amines) is 1. The molecule has 1 unspecified atom stereocenters. The third-order valence-corrected chi connectivity index (χ3v) is 3.84. The van der Waals surface area contributed by atoms with Gasteiger partial charge in [0.25, 0.3) is 0 Å². The minimum Gasteiger partial charge on any atom is -0.381 e. The van der Waals surface area contributed by atoms with Gasteiger partial charge in [0.1, 0.15) is 5.03 Å². The third-order valence-electron chi connectivity index (χ3n) is 2.75. The van der Waals surface area contributed by atoms with Crippen LogP contribution in [0, 0.1) is 0 Å². The molecular formula is C11H16N4OS. The smallest absolute Gasteiger partial charge is 0.235 e. The molecule has 1 amide bonds. The molecule has 2 N–H and O–H groups in total. The number of carbonyl (C=O) groups is 1. The van der Waals surface area contributed by atoms with Crippen LogP contribution in [0.15, 0.2) is 17.4 Å². The molecule has 1 aromatic rings. The Labute approximate surface area is 105 Å². The Morgan fingerprint density at radius 1 is 1.41 bits per heavy atom. The zero-order chi connectivity index (χ0) is 12.3. The maximum Gasteiger partial charge on any atom is 0.235 e. The van der Waals surface area contributed by atoms with Crippen LogP contribution in [-0.2, 0) is 4.79 Å². The Morgan fingerprint density at radius 2 is 2.06 bits per heavy atom. The summed E-state index contributed by atoms with van der Waals surface area (Å²) in [5, 5.41) is 0.472. The molecule has 1 saturated heterocycles. The maximum absolute atomic E-state index is 12.1. The summed E-state index contributed by atoms with van der Waals surface area (Å²) < 4.78 is 0. The highest BCUT2D eigenvalue weighted by Crippen LogP contribution is 2.26. The second kappa shape index (κ2) is 5.35. The van der Waals surface area contributed by atoms with Crippen LogP contribution in [0.5, 0.6) is 0 Å². The SMILES string of the molecule is CC(Sc1nccnc1N)C(=O)N1CCCC1. The molecule has 1 atom stereocenters. The zero-order valence-electron chi connectivity index (χ0n) is 9.80. The van der Waals surface area contributed by atoms with Crippen LogP contribution in [-0.4, -0.2) is 39.1 Å². The minimum atomic E-state index is -0.160. The predicted molar refractivity (Wildman–Crippen MR) is 67.6 cm³/mol. The van der Waals surface area contributed by atoms with Crippen molar-refractivity contribution >= 4 is 23.5 Å². The molecule has 0 aromatic carbocycles. The van der Waals surface area contributed by atoms with Crippen LogP contribution >= 0.6 is 11.8 Å². The molecule has 0 radical (unpaired) electrons. The van der Waals surface area contributed by atoms with Crippen molar-refractivity contribution in [1.82, 2.24) is 14.9 Å². The first kappa shape index (κ1) is 12.2. The standard InChI is InChI=1S/C11H16N4OS/c1-8(11(16)15-6-2-3-7-15)17-10-9(12)13-4-5-14-10/h4-5,8H,2-3,6-7H2,1H3,(H2,12,13). The number of nitrogen functional groups attached to an aromatic ring is 1. The molecule has 1 aliphatic heterocycles. The highest BCUT2D eigenvalue weighted by atomic mass is 32.2. The van der Waals surface area contributed by atoms with E-state index in [0.29, 0.717) is 10.8 Å². The second-order valence-corrected chi connectivity index (χ2v) is 5.37. The summed E-state index contributed by atoms with van der Waals surface area (Å²) in [4.78, 5) is 22.1. The average molecular weight is 252 g/mol. The largest absolute Gasteiger partial charge is 0.381 e. The highest BCUT2D eigenvalue weighted by molar-refractivity contribution is 8.00. The summed E-state index contributed by atoms with van der Waals surface area (Å²) in [7, 11) is 0. The second-order valence-electron chi connectivity index (χ2n) is 4.04. The van der Waals surface area contributed by atoms with Crippen LogP contribution in [0.2, 0.25) is 0 Å². The summed E-state index contributed by atoms with van der Waals surface area (Å²) in [6, 6.07) is 0. The van der Waals surface area contributed by atoms with E-state index in [4.69, 9.17) is 5.73 Å². The van der Waals surface area contributed by atoms with E-state index in [9.17, 15) is 4.79 Å². The van der Waals surface area contributed by atoms with Crippen molar-refractivity contribution < 1.29 is 4.79 Å². The lowest BCUT2D eigenvalue weighted by Crippen LogP contribution is -2.34. The Balaban J connectivity index is 1.99. The summed E-state index contributed by atoms with van der Waals surface area (Å²) >= 11 is 1.38. The van der Waals surface area contributed by atoms with Gasteiger partial charge in [0.2, 0.25) is 5.91 Å². The highest BCUT2D eigenvalue weighted by Gasteiger charge is 2.24. The number of nitrogens with two attached hydrogens (primary N) is 1. The van der Waals surface area contributed by atoms with Gasteiger partial charge in [-0.2, -0.15) is 0 Å². The van der Waals surface area contributed by atoms with Crippen LogP contribution < -0.4 is 5.73 Å². The number of anilines is 1. The van der Waals surface area contributed by atoms with Crippen molar-refractivity contribution in [2.75, 3.05) is 18.8 Å². The van der Waals surface area contributed by atoms with Crippen molar-refractivity contribution in [1.29, 1.82) is 0 Å². The van der Waals surface area contributed by atoms with E-state index < -0.39 is 0 Å². The third kappa shape index (κ3) is 2.88. The fourth-order valence-electron chi connectivity index (χ4n) is 1.84. The van der Waals surface area contributed by atoms with Crippen LogP contribution in [0.25, 0.3) is 0 Å². The summed E-state index contributed by atoms with van der Waals surface area (Å²) in [6.45, 7) is 3.64. The molecule has 0 aliphatic carbocycles. The van der Waals surface area contributed by atoms with Gasteiger partial charge in [-0.15, -0.1) is 0 Å². The zero-order valence-corrected chi connectivity index (χ0v) is 10.6. The van der Waals surface area contributed by atoms with Crippen molar-refractivity contribution in [2.24, 2.45) is 0 Å². The lowest BCUT2D eigenvalue weighted by atomic mass is 10.4. The number of rotatable bonds is 3. The fourth-order valence-corrected chi connectivity index (χ4v) is 2.72. The molecule has 0 bridgehead atoms. The Bertz CT molecular complexity index is 406. The first-order valence-corrected chi connectivity index (χ1v) is 6.58. The van der Waals surface area contributed by atoms with E-state index in [0.717, 1.165) is 25.9 Å².